The number of hydrogen-bond donors (Lipinski definition) is 0. The molecule has 4 nitrogen and oxygen atoms in total. The highest BCUT2D eigenvalue weighted by Crippen LogP contribution is 2.28. The highest BCUT2D eigenvalue weighted by Gasteiger charge is 2.13. The third-order valence-corrected chi connectivity index (χ3v) is 2.69. The Labute approximate surface area is 108 Å². The second-order valence-electron chi connectivity index (χ2n) is 4.26. The average Bonchev–Trinajstić information content (AvgIpc) is 2.38. The molecule has 1 rings (SSSR count). The van der Waals surface area contributed by atoms with Gasteiger partial charge in [0.2, 0.25) is 0 Å². The van der Waals surface area contributed by atoms with E-state index in [1.807, 2.05) is 6.92 Å². The van der Waals surface area contributed by atoms with Gasteiger partial charge in [-0.1, -0.05) is 6.92 Å². The van der Waals surface area contributed by atoms with Crippen LogP contribution in [0.15, 0.2) is 18.2 Å². The van der Waals surface area contributed by atoms with Crippen LogP contribution in [-0.2, 0) is 4.74 Å². The van der Waals surface area contributed by atoms with Crippen molar-refractivity contribution in [3.63, 3.8) is 0 Å². The number of rotatable bonds is 7. The highest BCUT2D eigenvalue weighted by molar-refractivity contribution is 5.96. The summed E-state index contributed by atoms with van der Waals surface area (Å²) in [5, 5.41) is 0. The maximum atomic E-state index is 12.0. The summed E-state index contributed by atoms with van der Waals surface area (Å²) >= 11 is 0. The minimum atomic E-state index is 0.0838. The summed E-state index contributed by atoms with van der Waals surface area (Å²) in [6, 6.07) is 5.21. The third kappa shape index (κ3) is 3.74. The van der Waals surface area contributed by atoms with Crippen LogP contribution in [0.4, 0.5) is 0 Å². The summed E-state index contributed by atoms with van der Waals surface area (Å²) in [5.41, 5.74) is 0.635. The Balaban J connectivity index is 2.80. The number of benzene rings is 1. The lowest BCUT2D eigenvalue weighted by molar-refractivity contribution is 0.0919. The van der Waals surface area contributed by atoms with Gasteiger partial charge in [0.05, 0.1) is 14.2 Å². The Bertz CT molecular complexity index is 401. The first-order chi connectivity index (χ1) is 8.62. The maximum Gasteiger partial charge on any atom is 0.163 e. The van der Waals surface area contributed by atoms with Crippen molar-refractivity contribution in [2.45, 2.75) is 13.3 Å². The van der Waals surface area contributed by atoms with Crippen LogP contribution in [0.5, 0.6) is 11.5 Å². The molecule has 0 bridgehead atoms. The molecule has 4 heteroatoms. The van der Waals surface area contributed by atoms with Gasteiger partial charge in [-0.05, 0) is 24.1 Å². The van der Waals surface area contributed by atoms with Crippen molar-refractivity contribution in [3.8, 4) is 11.5 Å². The van der Waals surface area contributed by atoms with E-state index < -0.39 is 0 Å². The van der Waals surface area contributed by atoms with Crippen molar-refractivity contribution >= 4 is 5.78 Å². The SMILES string of the molecule is COCC(C)CC(=O)c1ccc(OC)c(OC)c1. The first-order valence-corrected chi connectivity index (χ1v) is 5.86. The molecule has 0 saturated carbocycles. The van der Waals surface area contributed by atoms with Crippen molar-refractivity contribution in [2.24, 2.45) is 5.92 Å². The largest absolute Gasteiger partial charge is 0.493 e. The summed E-state index contributed by atoms with van der Waals surface area (Å²) < 4.78 is 15.3. The Morgan fingerprint density at radius 1 is 1.17 bits per heavy atom. The summed E-state index contributed by atoms with van der Waals surface area (Å²) in [6.45, 7) is 2.57. The maximum absolute atomic E-state index is 12.0. The summed E-state index contributed by atoms with van der Waals surface area (Å²) in [4.78, 5) is 12.0. The number of methoxy groups -OCH3 is 3. The lowest BCUT2D eigenvalue weighted by atomic mass is 10.00. The van der Waals surface area contributed by atoms with Gasteiger partial charge in [-0.25, -0.2) is 0 Å². The number of ether oxygens (including phenoxy) is 3. The minimum Gasteiger partial charge on any atom is -0.493 e. The molecule has 1 atom stereocenters. The van der Waals surface area contributed by atoms with Crippen LogP contribution in [-0.4, -0.2) is 33.7 Å². The fourth-order valence-corrected chi connectivity index (χ4v) is 1.79. The molecule has 18 heavy (non-hydrogen) atoms. The molecule has 0 spiro atoms. The first kappa shape index (κ1) is 14.5. The van der Waals surface area contributed by atoms with Crippen molar-refractivity contribution in [2.75, 3.05) is 27.9 Å². The van der Waals surface area contributed by atoms with Gasteiger partial charge in [0, 0.05) is 25.7 Å². The Morgan fingerprint density at radius 2 is 1.83 bits per heavy atom. The first-order valence-electron chi connectivity index (χ1n) is 5.86. The molecule has 0 aliphatic heterocycles. The number of ketones is 1. The molecule has 0 heterocycles. The summed E-state index contributed by atoms with van der Waals surface area (Å²) in [7, 11) is 4.76. The van der Waals surface area contributed by atoms with Gasteiger partial charge in [0.15, 0.2) is 17.3 Å². The molecule has 0 aliphatic rings. The Kier molecular flexibility index (Phi) is 5.65. The normalized spacial score (nSPS) is 12.0. The van der Waals surface area contributed by atoms with Gasteiger partial charge in [0.25, 0.3) is 0 Å². The van der Waals surface area contributed by atoms with Crippen LogP contribution < -0.4 is 9.47 Å². The van der Waals surface area contributed by atoms with E-state index in [9.17, 15) is 4.79 Å². The highest BCUT2D eigenvalue weighted by atomic mass is 16.5. The lowest BCUT2D eigenvalue weighted by Crippen LogP contribution is -2.11. The monoisotopic (exact) mass is 252 g/mol. The van der Waals surface area contributed by atoms with Crippen molar-refractivity contribution in [1.82, 2.24) is 0 Å². The van der Waals surface area contributed by atoms with Gasteiger partial charge in [-0.3, -0.25) is 4.79 Å². The van der Waals surface area contributed by atoms with E-state index in [-0.39, 0.29) is 11.7 Å². The zero-order chi connectivity index (χ0) is 13.5. The topological polar surface area (TPSA) is 44.8 Å². The summed E-state index contributed by atoms with van der Waals surface area (Å²) in [6.07, 6.45) is 0.462. The minimum absolute atomic E-state index is 0.0838. The van der Waals surface area contributed by atoms with Crippen molar-refractivity contribution in [3.05, 3.63) is 23.8 Å². The molecule has 0 saturated heterocycles. The molecule has 1 aromatic rings. The van der Waals surface area contributed by atoms with Crippen LogP contribution >= 0.6 is 0 Å². The molecular weight excluding hydrogens is 232 g/mol. The van der Waals surface area contributed by atoms with E-state index in [2.05, 4.69) is 0 Å². The smallest absolute Gasteiger partial charge is 0.163 e. The van der Waals surface area contributed by atoms with Crippen molar-refractivity contribution < 1.29 is 19.0 Å². The second kappa shape index (κ2) is 7.01. The predicted molar refractivity (Wildman–Crippen MR) is 69.5 cm³/mol. The number of hydrogen-bond acceptors (Lipinski definition) is 4. The quantitative estimate of drug-likeness (QED) is 0.700. The van der Waals surface area contributed by atoms with Gasteiger partial charge in [0.1, 0.15) is 0 Å². The fraction of sp³-hybridized carbons (Fsp3) is 0.500. The van der Waals surface area contributed by atoms with Gasteiger partial charge in [-0.2, -0.15) is 0 Å². The van der Waals surface area contributed by atoms with E-state index in [0.717, 1.165) is 0 Å². The van der Waals surface area contributed by atoms with Crippen LogP contribution in [0.2, 0.25) is 0 Å². The number of Topliss-reactive ketones (excluding diaryl/α,β-unsaturated/α-hetero) is 1. The average molecular weight is 252 g/mol. The lowest BCUT2D eigenvalue weighted by Gasteiger charge is -2.11. The standard InChI is InChI=1S/C14H20O4/c1-10(9-16-2)7-12(15)11-5-6-13(17-3)14(8-11)18-4/h5-6,8,10H,7,9H2,1-4H3. The molecule has 100 valence electrons. The van der Waals surface area contributed by atoms with Crippen molar-refractivity contribution in [1.29, 1.82) is 0 Å². The zero-order valence-electron chi connectivity index (χ0n) is 11.4. The predicted octanol–water partition coefficient (Wildman–Crippen LogP) is 2.56. The molecule has 0 fully saturated rings. The van der Waals surface area contributed by atoms with E-state index >= 15 is 0 Å². The summed E-state index contributed by atoms with van der Waals surface area (Å²) in [5.74, 6) is 1.48. The van der Waals surface area contributed by atoms with E-state index in [0.29, 0.717) is 30.1 Å². The molecule has 1 unspecified atom stereocenters. The van der Waals surface area contributed by atoms with E-state index in [1.165, 1.54) is 0 Å². The molecule has 0 aromatic heterocycles. The van der Waals surface area contributed by atoms with Crippen LogP contribution in [0.25, 0.3) is 0 Å². The molecule has 0 N–H and O–H groups in total. The Hall–Kier alpha value is -1.55. The molecular formula is C14H20O4. The number of carbonyl (C=O) groups is 1. The van der Waals surface area contributed by atoms with Gasteiger partial charge in [-0.15, -0.1) is 0 Å². The Morgan fingerprint density at radius 3 is 2.39 bits per heavy atom. The number of carbonyl (C=O) groups excluding carboxylic acids is 1. The fourth-order valence-electron chi connectivity index (χ4n) is 1.79. The van der Waals surface area contributed by atoms with Gasteiger partial charge < -0.3 is 14.2 Å². The van der Waals surface area contributed by atoms with E-state index in [1.54, 1.807) is 39.5 Å². The molecule has 0 aliphatic carbocycles. The van der Waals surface area contributed by atoms with Crippen LogP contribution in [0, 0.1) is 5.92 Å². The molecule has 0 radical (unpaired) electrons. The van der Waals surface area contributed by atoms with Crippen LogP contribution in [0.1, 0.15) is 23.7 Å². The van der Waals surface area contributed by atoms with E-state index in [4.69, 9.17) is 14.2 Å². The third-order valence-electron chi connectivity index (χ3n) is 2.69. The second-order valence-corrected chi connectivity index (χ2v) is 4.26. The zero-order valence-corrected chi connectivity index (χ0v) is 11.4. The van der Waals surface area contributed by atoms with Crippen LogP contribution in [0.3, 0.4) is 0 Å². The van der Waals surface area contributed by atoms with Gasteiger partial charge >= 0.3 is 0 Å². The molecule has 1 aromatic carbocycles. The molecule has 0 amide bonds.